The van der Waals surface area contributed by atoms with Crippen LogP contribution in [0.5, 0.6) is 0 Å². The summed E-state index contributed by atoms with van der Waals surface area (Å²) in [6, 6.07) is 18.4. The Bertz CT molecular complexity index is 1900. The Kier molecular flexibility index (Phi) is 14.3. The average Bonchev–Trinajstić information content (AvgIpc) is 3.47. The smallest absolute Gasteiger partial charge is 0.411 e. The normalized spacial score (nSPS) is 15.8. The number of alkyl halides is 6. The van der Waals surface area contributed by atoms with E-state index < -0.39 is 29.9 Å². The van der Waals surface area contributed by atoms with Crippen LogP contribution in [0.25, 0.3) is 5.57 Å². The summed E-state index contributed by atoms with van der Waals surface area (Å²) in [5.41, 5.74) is -0.172. The molecule has 0 aromatic heterocycles. The lowest BCUT2D eigenvalue weighted by molar-refractivity contribution is -0.275. The molecular formula is C34H24Br2Cl4F6N2O2. The monoisotopic (exact) mass is 904 g/mol. The first-order valence-corrected chi connectivity index (χ1v) is 17.0. The number of halogens is 12. The molecule has 0 radical (unpaired) electrons. The highest BCUT2D eigenvalue weighted by Gasteiger charge is 2.62. The van der Waals surface area contributed by atoms with Gasteiger partial charge in [0.15, 0.2) is 0 Å². The van der Waals surface area contributed by atoms with Crippen LogP contribution in [-0.2, 0) is 10.4 Å². The molecular weight excluding hydrogens is 884 g/mol. The minimum absolute atomic E-state index is 0.0997. The fraction of sp³-hybridized carbons (Fsp3) is 0.176. The van der Waals surface area contributed by atoms with Crippen molar-refractivity contribution in [2.24, 2.45) is 10.3 Å². The zero-order valence-corrected chi connectivity index (χ0v) is 31.9. The summed E-state index contributed by atoms with van der Waals surface area (Å²) < 4.78 is 80.3. The number of rotatable bonds is 4. The lowest BCUT2D eigenvalue weighted by Gasteiger charge is -2.29. The van der Waals surface area contributed by atoms with E-state index in [1.54, 1.807) is 18.2 Å². The number of aryl methyl sites for hydroxylation is 2. The van der Waals surface area contributed by atoms with Crippen molar-refractivity contribution in [2.45, 2.75) is 38.2 Å². The molecule has 50 heavy (non-hydrogen) atoms. The topological polar surface area (TPSA) is 54.2 Å². The maximum atomic E-state index is 13.9. The van der Waals surface area contributed by atoms with Crippen molar-refractivity contribution >= 4 is 95.8 Å². The van der Waals surface area contributed by atoms with E-state index in [1.165, 1.54) is 42.6 Å². The molecule has 1 heterocycles. The molecule has 0 saturated heterocycles. The second-order valence-electron chi connectivity index (χ2n) is 10.6. The highest BCUT2D eigenvalue weighted by molar-refractivity contribution is 9.10. The molecule has 1 aliphatic rings. The van der Waals surface area contributed by atoms with Gasteiger partial charge >= 0.3 is 12.4 Å². The van der Waals surface area contributed by atoms with Gasteiger partial charge in [0.2, 0.25) is 0 Å². The molecule has 1 N–H and O–H groups in total. The quantitative estimate of drug-likeness (QED) is 0.0960. The van der Waals surface area contributed by atoms with Gasteiger partial charge in [-0.15, -0.1) is 0 Å². The van der Waals surface area contributed by atoms with Gasteiger partial charge in [0.05, 0.1) is 17.5 Å². The minimum Gasteiger partial charge on any atom is -0.411 e. The van der Waals surface area contributed by atoms with Crippen LogP contribution in [-0.4, -0.2) is 29.5 Å². The second-order valence-corrected chi connectivity index (χ2v) is 14.1. The van der Waals surface area contributed by atoms with Crippen LogP contribution in [0.1, 0.15) is 39.8 Å². The van der Waals surface area contributed by atoms with Crippen LogP contribution in [0, 0.1) is 13.8 Å². The lowest BCUT2D eigenvalue weighted by Crippen LogP contribution is -2.42. The third-order valence-corrected chi connectivity index (χ3v) is 9.60. The maximum absolute atomic E-state index is 13.9. The molecule has 0 fully saturated rings. The van der Waals surface area contributed by atoms with Crippen LogP contribution in [0.4, 0.5) is 26.3 Å². The van der Waals surface area contributed by atoms with E-state index in [1.807, 2.05) is 32.0 Å². The number of nitrogens with zero attached hydrogens (tertiary/aromatic N) is 2. The Hall–Kier alpha value is -2.74. The van der Waals surface area contributed by atoms with E-state index in [9.17, 15) is 26.3 Å². The molecule has 4 nitrogen and oxygen atoms in total. The van der Waals surface area contributed by atoms with Crippen LogP contribution in [0.15, 0.2) is 98.6 Å². The fourth-order valence-electron chi connectivity index (χ4n) is 4.38. The third kappa shape index (κ3) is 10.9. The zero-order chi connectivity index (χ0) is 37.6. The largest absolute Gasteiger partial charge is 0.435 e. The molecule has 1 aliphatic heterocycles. The predicted octanol–water partition coefficient (Wildman–Crippen LogP) is 13.8. The number of oxime groups is 2. The molecule has 0 bridgehead atoms. The van der Waals surface area contributed by atoms with Gasteiger partial charge in [-0.3, -0.25) is 0 Å². The number of allylic oxidation sites excluding steroid dienone is 1. The molecule has 4 aromatic carbocycles. The molecule has 0 spiro atoms. The van der Waals surface area contributed by atoms with Crippen LogP contribution >= 0.6 is 78.3 Å². The number of hydrogen-bond acceptors (Lipinski definition) is 4. The van der Waals surface area contributed by atoms with Crippen LogP contribution in [0.2, 0.25) is 20.1 Å². The van der Waals surface area contributed by atoms with E-state index in [4.69, 9.17) is 56.4 Å². The van der Waals surface area contributed by atoms with Crippen LogP contribution < -0.4 is 0 Å². The Morgan fingerprint density at radius 2 is 1.32 bits per heavy atom. The average molecular weight is 908 g/mol. The van der Waals surface area contributed by atoms with Crippen LogP contribution in [0.3, 0.4) is 0 Å². The first-order chi connectivity index (χ1) is 23.2. The van der Waals surface area contributed by atoms with E-state index in [2.05, 4.69) is 48.8 Å². The first kappa shape index (κ1) is 41.7. The molecule has 5 rings (SSSR count). The van der Waals surface area contributed by atoms with Crippen molar-refractivity contribution in [3.05, 3.63) is 142 Å². The van der Waals surface area contributed by atoms with E-state index in [-0.39, 0.29) is 36.9 Å². The van der Waals surface area contributed by atoms with Gasteiger partial charge in [0.1, 0.15) is 0 Å². The van der Waals surface area contributed by atoms with Gasteiger partial charge in [0.25, 0.3) is 5.60 Å². The van der Waals surface area contributed by atoms with Crippen molar-refractivity contribution in [1.82, 2.24) is 0 Å². The van der Waals surface area contributed by atoms with Gasteiger partial charge in [-0.1, -0.05) is 107 Å². The number of hydrogen-bond donors (Lipinski definition) is 1. The molecule has 266 valence electrons. The Morgan fingerprint density at radius 3 is 1.78 bits per heavy atom. The Morgan fingerprint density at radius 1 is 0.820 bits per heavy atom. The highest BCUT2D eigenvalue weighted by Crippen LogP contribution is 2.49. The minimum atomic E-state index is -4.70. The highest BCUT2D eigenvalue weighted by atomic mass is 79.9. The van der Waals surface area contributed by atoms with Crippen molar-refractivity contribution in [3.63, 3.8) is 0 Å². The van der Waals surface area contributed by atoms with E-state index >= 15 is 0 Å². The Balaban J connectivity index is 0.000000228. The standard InChI is InChI=1S/C17H11BrCl2F3NO.C9H5Cl2F3.C8H8BrNO/c1-9-4-10(2-3-14(9)18)15-8-16(25-24-15,17(21,22)23)11-5-12(19)7-13(20)6-11;1-5(9(12,13)14)6-2-7(10)4-8(11)3-6;1-6-4-7(5-10-11)2-3-8(6)9/h2-7H,8H2,1H3;2-4H,1H2;2-5,11H,1H3/b;;10-5+. The molecule has 1 unspecified atom stereocenters. The third-order valence-electron chi connectivity index (χ3n) is 6.95. The van der Waals surface area contributed by atoms with E-state index in [0.29, 0.717) is 5.56 Å². The van der Waals surface area contributed by atoms with Gasteiger partial charge in [-0.2, -0.15) is 26.3 Å². The fourth-order valence-corrected chi connectivity index (χ4v) is 5.92. The van der Waals surface area contributed by atoms with Crippen molar-refractivity contribution in [1.29, 1.82) is 0 Å². The summed E-state index contributed by atoms with van der Waals surface area (Å²) in [5.74, 6) is 0. The second kappa shape index (κ2) is 17.2. The molecule has 4 aromatic rings. The predicted molar refractivity (Wildman–Crippen MR) is 195 cm³/mol. The molecule has 1 atom stereocenters. The van der Waals surface area contributed by atoms with E-state index in [0.717, 1.165) is 25.6 Å². The first-order valence-electron chi connectivity index (χ1n) is 13.9. The van der Waals surface area contributed by atoms with Crippen molar-refractivity contribution in [3.8, 4) is 0 Å². The molecule has 0 saturated carbocycles. The summed E-state index contributed by atoms with van der Waals surface area (Å²) in [7, 11) is 0. The van der Waals surface area contributed by atoms with Gasteiger partial charge in [0, 0.05) is 41.0 Å². The molecule has 0 amide bonds. The Labute approximate surface area is 320 Å². The summed E-state index contributed by atoms with van der Waals surface area (Å²) in [5, 5.41) is 15.4. The summed E-state index contributed by atoms with van der Waals surface area (Å²) in [4.78, 5) is 4.97. The van der Waals surface area contributed by atoms with Gasteiger partial charge in [-0.05, 0) is 102 Å². The summed E-state index contributed by atoms with van der Waals surface area (Å²) in [6.45, 7) is 6.77. The zero-order valence-electron chi connectivity index (χ0n) is 25.7. The summed E-state index contributed by atoms with van der Waals surface area (Å²) >= 11 is 29.6. The van der Waals surface area contributed by atoms with Crippen molar-refractivity contribution < 1.29 is 36.4 Å². The van der Waals surface area contributed by atoms with Crippen molar-refractivity contribution in [2.75, 3.05) is 0 Å². The lowest BCUT2D eigenvalue weighted by atomic mass is 9.86. The van der Waals surface area contributed by atoms with Gasteiger partial charge < -0.3 is 10.0 Å². The SMILES string of the molecule is C=C(c1cc(Cl)cc(Cl)c1)C(F)(F)F.Cc1cc(/C=N/O)ccc1Br.Cc1cc(C2=NOC(c3cc(Cl)cc(Cl)c3)(C(F)(F)F)C2)ccc1Br. The number of benzene rings is 4. The maximum Gasteiger partial charge on any atom is 0.435 e. The molecule has 16 heteroatoms. The summed E-state index contributed by atoms with van der Waals surface area (Å²) in [6.07, 6.45) is -8.22. The van der Waals surface area contributed by atoms with Gasteiger partial charge in [-0.25, -0.2) is 0 Å². The molecule has 0 aliphatic carbocycles.